The molecule has 2 heterocycles. The summed E-state index contributed by atoms with van der Waals surface area (Å²) in [5.41, 5.74) is 2.39. The van der Waals surface area contributed by atoms with Gasteiger partial charge in [0, 0.05) is 25.7 Å². The van der Waals surface area contributed by atoms with Crippen LogP contribution in [-0.2, 0) is 16.7 Å². The number of aromatic amines is 1. The number of ether oxygens (including phenoxy) is 1. The first-order valence-corrected chi connectivity index (χ1v) is 14.7. The van der Waals surface area contributed by atoms with Gasteiger partial charge in [0.2, 0.25) is 0 Å². The standard InChI is InChI=1S/C37H33N3O4/c41-27-33-25-39(37(30-18-7-2-8-19-30,31-20-9-3-10-21-31)32-22-11-4-12-23-32)26-34(44-33)40-24-29(35(42)38-36(40)43)17-13-16-28-14-5-1-6-15-28/h1-12,14-15,18-24,33-34,41H,16,25-27H2,(H,38,42,43). The number of nitrogens with zero attached hydrogens (tertiary/aromatic N) is 2. The van der Waals surface area contributed by atoms with Crippen molar-refractivity contribution in [3.63, 3.8) is 0 Å². The number of aliphatic hydroxyl groups excluding tert-OH is 1. The Balaban J connectivity index is 1.46. The molecule has 0 amide bonds. The van der Waals surface area contributed by atoms with Gasteiger partial charge in [-0.25, -0.2) is 4.79 Å². The highest BCUT2D eigenvalue weighted by Gasteiger charge is 2.46. The second kappa shape index (κ2) is 13.1. The summed E-state index contributed by atoms with van der Waals surface area (Å²) in [6.07, 6.45) is 0.524. The Hall–Kier alpha value is -5.00. The Kier molecular flexibility index (Phi) is 8.67. The van der Waals surface area contributed by atoms with E-state index >= 15 is 0 Å². The highest BCUT2D eigenvalue weighted by molar-refractivity contribution is 5.50. The molecule has 44 heavy (non-hydrogen) atoms. The Labute approximate surface area is 256 Å². The monoisotopic (exact) mass is 583 g/mol. The predicted molar refractivity (Wildman–Crippen MR) is 170 cm³/mol. The van der Waals surface area contributed by atoms with Gasteiger partial charge < -0.3 is 9.84 Å². The van der Waals surface area contributed by atoms with Crippen molar-refractivity contribution >= 4 is 0 Å². The number of hydrogen-bond donors (Lipinski definition) is 2. The van der Waals surface area contributed by atoms with Crippen molar-refractivity contribution in [2.24, 2.45) is 0 Å². The van der Waals surface area contributed by atoms with Gasteiger partial charge in [0.25, 0.3) is 5.56 Å². The fourth-order valence-corrected chi connectivity index (χ4v) is 6.06. The molecule has 1 saturated heterocycles. The van der Waals surface area contributed by atoms with E-state index in [9.17, 15) is 14.7 Å². The molecule has 1 aliphatic heterocycles. The van der Waals surface area contributed by atoms with E-state index < -0.39 is 29.1 Å². The summed E-state index contributed by atoms with van der Waals surface area (Å²) in [5, 5.41) is 10.4. The van der Waals surface area contributed by atoms with Crippen LogP contribution < -0.4 is 11.2 Å². The van der Waals surface area contributed by atoms with Crippen LogP contribution in [0, 0.1) is 11.8 Å². The number of rotatable bonds is 7. The van der Waals surface area contributed by atoms with Gasteiger partial charge in [0.1, 0.15) is 5.56 Å². The van der Waals surface area contributed by atoms with Crippen molar-refractivity contribution in [2.45, 2.75) is 24.3 Å². The zero-order chi connectivity index (χ0) is 30.4. The van der Waals surface area contributed by atoms with Gasteiger partial charge in [-0.1, -0.05) is 133 Å². The lowest BCUT2D eigenvalue weighted by Gasteiger charge is -2.50. The minimum absolute atomic E-state index is 0.169. The summed E-state index contributed by atoms with van der Waals surface area (Å²) in [7, 11) is 0. The van der Waals surface area contributed by atoms with Crippen LogP contribution in [0.1, 0.15) is 34.0 Å². The van der Waals surface area contributed by atoms with Crippen LogP contribution in [-0.4, -0.2) is 45.4 Å². The number of H-pyrrole nitrogens is 1. The SMILES string of the molecule is O=c1[nH]c(=O)n(C2CN(C(c3ccccc3)(c3ccccc3)c3ccccc3)CC(CO)O2)cc1C#CCc1ccccc1. The molecule has 7 heteroatoms. The summed E-state index contributed by atoms with van der Waals surface area (Å²) in [4.78, 5) is 30.7. The van der Waals surface area contributed by atoms with Crippen LogP contribution >= 0.6 is 0 Å². The van der Waals surface area contributed by atoms with Crippen LogP contribution in [0.25, 0.3) is 0 Å². The molecule has 1 aliphatic rings. The first-order chi connectivity index (χ1) is 21.6. The smallest absolute Gasteiger partial charge is 0.330 e. The molecule has 4 aromatic carbocycles. The van der Waals surface area contributed by atoms with E-state index in [-0.39, 0.29) is 18.7 Å². The lowest BCUT2D eigenvalue weighted by molar-refractivity contribution is -0.151. The van der Waals surface area contributed by atoms with Gasteiger partial charge in [-0.15, -0.1) is 0 Å². The fourth-order valence-electron chi connectivity index (χ4n) is 6.06. The van der Waals surface area contributed by atoms with E-state index in [0.29, 0.717) is 13.0 Å². The van der Waals surface area contributed by atoms with Crippen LogP contribution in [0.15, 0.2) is 137 Å². The molecule has 5 aromatic rings. The quantitative estimate of drug-likeness (QED) is 0.220. The topological polar surface area (TPSA) is 87.6 Å². The molecule has 0 radical (unpaired) electrons. The average Bonchev–Trinajstić information content (AvgIpc) is 3.08. The molecule has 0 spiro atoms. The zero-order valence-electron chi connectivity index (χ0n) is 24.2. The maximum Gasteiger partial charge on any atom is 0.330 e. The number of morpholine rings is 1. The molecule has 2 atom stereocenters. The minimum Gasteiger partial charge on any atom is -0.394 e. The van der Waals surface area contributed by atoms with Crippen molar-refractivity contribution in [2.75, 3.05) is 19.7 Å². The van der Waals surface area contributed by atoms with Crippen molar-refractivity contribution in [1.82, 2.24) is 14.5 Å². The molecular weight excluding hydrogens is 550 g/mol. The van der Waals surface area contributed by atoms with E-state index in [1.807, 2.05) is 84.9 Å². The number of aliphatic hydroxyl groups is 1. The van der Waals surface area contributed by atoms with Gasteiger partial charge in [-0.3, -0.25) is 19.2 Å². The number of aromatic nitrogens is 2. The zero-order valence-corrected chi connectivity index (χ0v) is 24.2. The molecule has 2 N–H and O–H groups in total. The second-order valence-corrected chi connectivity index (χ2v) is 10.8. The van der Waals surface area contributed by atoms with Gasteiger partial charge >= 0.3 is 5.69 Å². The highest BCUT2D eigenvalue weighted by atomic mass is 16.5. The maximum atomic E-state index is 13.2. The Morgan fingerprint density at radius 1 is 0.773 bits per heavy atom. The van der Waals surface area contributed by atoms with E-state index in [0.717, 1.165) is 22.3 Å². The van der Waals surface area contributed by atoms with Crippen molar-refractivity contribution in [1.29, 1.82) is 0 Å². The van der Waals surface area contributed by atoms with E-state index in [2.05, 4.69) is 58.1 Å². The minimum atomic E-state index is -0.810. The molecule has 6 rings (SSSR count). The summed E-state index contributed by atoms with van der Waals surface area (Å²) in [6.45, 7) is 0.439. The third-order valence-electron chi connectivity index (χ3n) is 8.04. The summed E-state index contributed by atoms with van der Waals surface area (Å²) < 4.78 is 7.69. The average molecular weight is 584 g/mol. The van der Waals surface area contributed by atoms with Gasteiger partial charge in [0.05, 0.1) is 18.2 Å². The van der Waals surface area contributed by atoms with Gasteiger partial charge in [0.15, 0.2) is 6.23 Å². The van der Waals surface area contributed by atoms with E-state index in [1.165, 1.54) is 10.8 Å². The van der Waals surface area contributed by atoms with E-state index in [4.69, 9.17) is 4.74 Å². The van der Waals surface area contributed by atoms with E-state index in [1.54, 1.807) is 0 Å². The summed E-state index contributed by atoms with van der Waals surface area (Å²) in [6, 6.07) is 40.4. The lowest BCUT2D eigenvalue weighted by Crippen LogP contribution is -2.58. The molecule has 0 bridgehead atoms. The first-order valence-electron chi connectivity index (χ1n) is 14.7. The fraction of sp³-hybridized carbons (Fsp3) is 0.189. The van der Waals surface area contributed by atoms with Gasteiger partial charge in [-0.05, 0) is 22.3 Å². The largest absolute Gasteiger partial charge is 0.394 e. The molecule has 0 aliphatic carbocycles. The molecule has 0 saturated carbocycles. The Bertz CT molecular complexity index is 1760. The van der Waals surface area contributed by atoms with Crippen LogP contribution in [0.3, 0.4) is 0 Å². The maximum absolute atomic E-state index is 13.2. The second-order valence-electron chi connectivity index (χ2n) is 10.8. The first kappa shape index (κ1) is 29.1. The van der Waals surface area contributed by atoms with Crippen molar-refractivity contribution < 1.29 is 9.84 Å². The summed E-state index contributed by atoms with van der Waals surface area (Å²) in [5.74, 6) is 5.99. The molecule has 2 unspecified atom stereocenters. The molecule has 220 valence electrons. The third-order valence-corrected chi connectivity index (χ3v) is 8.04. The van der Waals surface area contributed by atoms with Crippen LogP contribution in [0.4, 0.5) is 0 Å². The highest BCUT2D eigenvalue weighted by Crippen LogP contribution is 2.44. The predicted octanol–water partition coefficient (Wildman–Crippen LogP) is 4.31. The van der Waals surface area contributed by atoms with Crippen molar-refractivity contribution in [3.8, 4) is 11.8 Å². The number of benzene rings is 4. The lowest BCUT2D eigenvalue weighted by atomic mass is 9.75. The van der Waals surface area contributed by atoms with Gasteiger partial charge in [-0.2, -0.15) is 0 Å². The molecular formula is C37H33N3O4. The third kappa shape index (κ3) is 5.79. The number of hydrogen-bond acceptors (Lipinski definition) is 5. The van der Waals surface area contributed by atoms with Crippen LogP contribution in [0.5, 0.6) is 0 Å². The van der Waals surface area contributed by atoms with Crippen molar-refractivity contribution in [3.05, 3.63) is 176 Å². The Morgan fingerprint density at radius 3 is 1.82 bits per heavy atom. The number of nitrogens with one attached hydrogen (secondary N) is 1. The summed E-state index contributed by atoms with van der Waals surface area (Å²) >= 11 is 0. The molecule has 7 nitrogen and oxygen atoms in total. The molecule has 1 fully saturated rings. The van der Waals surface area contributed by atoms with Crippen LogP contribution in [0.2, 0.25) is 0 Å². The Morgan fingerprint density at radius 2 is 1.30 bits per heavy atom. The normalized spacial score (nSPS) is 17.0. The molecule has 1 aromatic heterocycles.